The highest BCUT2D eigenvalue weighted by molar-refractivity contribution is 5.78. The molecule has 0 aliphatic rings. The molecule has 0 saturated heterocycles. The molecule has 0 atom stereocenters. The maximum absolute atomic E-state index is 11.5. The van der Waals surface area contributed by atoms with E-state index in [9.17, 15) is 14.4 Å². The summed E-state index contributed by atoms with van der Waals surface area (Å²) >= 11 is 0. The summed E-state index contributed by atoms with van der Waals surface area (Å²) in [7, 11) is 0. The highest BCUT2D eigenvalue weighted by Gasteiger charge is 2.32. The van der Waals surface area contributed by atoms with Crippen molar-refractivity contribution in [3.63, 3.8) is 0 Å². The summed E-state index contributed by atoms with van der Waals surface area (Å²) in [6, 6.07) is 0. The number of esters is 2. The van der Waals surface area contributed by atoms with Gasteiger partial charge in [0.05, 0.1) is 0 Å². The predicted octanol–water partition coefficient (Wildman–Crippen LogP) is 3.05. The zero-order valence-corrected chi connectivity index (χ0v) is 13.7. The predicted molar refractivity (Wildman–Crippen MR) is 79.8 cm³/mol. The summed E-state index contributed by atoms with van der Waals surface area (Å²) in [6.07, 6.45) is 2.76. The van der Waals surface area contributed by atoms with Crippen LogP contribution in [0.25, 0.3) is 0 Å². The van der Waals surface area contributed by atoms with Gasteiger partial charge in [-0.1, -0.05) is 27.7 Å². The lowest BCUT2D eigenvalue weighted by Crippen LogP contribution is -2.34. The van der Waals surface area contributed by atoms with Gasteiger partial charge in [-0.2, -0.15) is 0 Å². The molecule has 0 aromatic rings. The Labute approximate surface area is 127 Å². The Morgan fingerprint density at radius 2 is 1.29 bits per heavy atom. The molecule has 0 N–H and O–H groups in total. The molecule has 0 rings (SSSR count). The first-order valence-corrected chi connectivity index (χ1v) is 7.75. The van der Waals surface area contributed by atoms with Crippen LogP contribution in [-0.2, 0) is 23.9 Å². The number of rotatable bonds is 11. The van der Waals surface area contributed by atoms with Crippen LogP contribution >= 0.6 is 0 Å². The molecule has 0 heterocycles. The van der Waals surface area contributed by atoms with E-state index < -0.39 is 5.41 Å². The van der Waals surface area contributed by atoms with Crippen LogP contribution in [-0.4, -0.2) is 30.9 Å². The maximum Gasteiger partial charge on any atom is 0.305 e. The van der Waals surface area contributed by atoms with Gasteiger partial charge in [0.15, 0.2) is 0 Å². The SMILES string of the molecule is CCC(=O)CCC(CC)(COC(=O)CC)COC(=O)CC. The van der Waals surface area contributed by atoms with Crippen molar-refractivity contribution >= 4 is 17.7 Å². The molecule has 0 aliphatic heterocycles. The fraction of sp³-hybridized carbons (Fsp3) is 0.812. The molecule has 0 aliphatic carbocycles. The van der Waals surface area contributed by atoms with Crippen LogP contribution in [0.15, 0.2) is 0 Å². The Hall–Kier alpha value is -1.39. The first-order chi connectivity index (χ1) is 9.92. The number of carbonyl (C=O) groups excluding carboxylic acids is 3. The molecule has 0 spiro atoms. The van der Waals surface area contributed by atoms with Crippen LogP contribution in [0.2, 0.25) is 0 Å². The maximum atomic E-state index is 11.5. The first kappa shape index (κ1) is 19.6. The van der Waals surface area contributed by atoms with Crippen molar-refractivity contribution in [1.82, 2.24) is 0 Å². The Balaban J connectivity index is 4.76. The molecule has 122 valence electrons. The van der Waals surface area contributed by atoms with Crippen molar-refractivity contribution < 1.29 is 23.9 Å². The topological polar surface area (TPSA) is 69.7 Å². The first-order valence-electron chi connectivity index (χ1n) is 7.75. The van der Waals surface area contributed by atoms with E-state index in [1.54, 1.807) is 13.8 Å². The molecule has 0 bridgehead atoms. The Morgan fingerprint density at radius 1 is 0.810 bits per heavy atom. The van der Waals surface area contributed by atoms with E-state index in [0.29, 0.717) is 38.5 Å². The smallest absolute Gasteiger partial charge is 0.305 e. The number of hydrogen-bond acceptors (Lipinski definition) is 5. The number of ether oxygens (including phenoxy) is 2. The van der Waals surface area contributed by atoms with Gasteiger partial charge in [-0.3, -0.25) is 14.4 Å². The number of Topliss-reactive ketones (excluding diaryl/α,β-unsaturated/α-hetero) is 1. The zero-order chi connectivity index (χ0) is 16.3. The Morgan fingerprint density at radius 3 is 1.62 bits per heavy atom. The number of hydrogen-bond donors (Lipinski definition) is 0. The van der Waals surface area contributed by atoms with Gasteiger partial charge in [0.25, 0.3) is 0 Å². The zero-order valence-electron chi connectivity index (χ0n) is 13.7. The van der Waals surface area contributed by atoms with Gasteiger partial charge in [0.2, 0.25) is 0 Å². The van der Waals surface area contributed by atoms with Crippen molar-refractivity contribution in [3.05, 3.63) is 0 Å². The van der Waals surface area contributed by atoms with E-state index in [4.69, 9.17) is 9.47 Å². The van der Waals surface area contributed by atoms with Gasteiger partial charge < -0.3 is 9.47 Å². The minimum absolute atomic E-state index is 0.163. The third kappa shape index (κ3) is 7.83. The molecule has 5 heteroatoms. The van der Waals surface area contributed by atoms with Gasteiger partial charge in [0, 0.05) is 31.1 Å². The van der Waals surface area contributed by atoms with E-state index in [0.717, 1.165) is 0 Å². The third-order valence-electron chi connectivity index (χ3n) is 3.73. The summed E-state index contributed by atoms with van der Waals surface area (Å²) in [5, 5.41) is 0. The second-order valence-electron chi connectivity index (χ2n) is 5.27. The average Bonchev–Trinajstić information content (AvgIpc) is 2.53. The van der Waals surface area contributed by atoms with E-state index in [1.807, 2.05) is 13.8 Å². The molecule has 0 fully saturated rings. The normalized spacial score (nSPS) is 11.0. The molecule has 0 unspecified atom stereocenters. The molecular formula is C16H28O5. The van der Waals surface area contributed by atoms with E-state index in [1.165, 1.54) is 0 Å². The molecule has 0 aromatic carbocycles. The van der Waals surface area contributed by atoms with Crippen LogP contribution in [0.4, 0.5) is 0 Å². The molecule has 5 nitrogen and oxygen atoms in total. The quantitative estimate of drug-likeness (QED) is 0.548. The van der Waals surface area contributed by atoms with Crippen molar-refractivity contribution in [2.75, 3.05) is 13.2 Å². The largest absolute Gasteiger partial charge is 0.465 e. The average molecular weight is 300 g/mol. The standard InChI is InChI=1S/C16H28O5/c1-5-13(17)9-10-16(8-4,11-20-14(18)6-2)12-21-15(19)7-3/h5-12H2,1-4H3. The van der Waals surface area contributed by atoms with Crippen molar-refractivity contribution in [2.45, 2.75) is 66.2 Å². The van der Waals surface area contributed by atoms with Crippen LogP contribution in [0.1, 0.15) is 66.2 Å². The highest BCUT2D eigenvalue weighted by Crippen LogP contribution is 2.30. The van der Waals surface area contributed by atoms with Crippen LogP contribution in [0.3, 0.4) is 0 Å². The minimum Gasteiger partial charge on any atom is -0.465 e. The summed E-state index contributed by atoms with van der Waals surface area (Å²) in [5.41, 5.74) is -0.472. The molecule has 0 amide bonds. The summed E-state index contributed by atoms with van der Waals surface area (Å²) in [4.78, 5) is 34.3. The van der Waals surface area contributed by atoms with Crippen molar-refractivity contribution in [1.29, 1.82) is 0 Å². The van der Waals surface area contributed by atoms with Gasteiger partial charge in [0.1, 0.15) is 19.0 Å². The van der Waals surface area contributed by atoms with Gasteiger partial charge in [-0.25, -0.2) is 0 Å². The fourth-order valence-electron chi connectivity index (χ4n) is 1.82. The monoisotopic (exact) mass is 300 g/mol. The van der Waals surface area contributed by atoms with Gasteiger partial charge in [-0.05, 0) is 12.8 Å². The number of ketones is 1. The second-order valence-corrected chi connectivity index (χ2v) is 5.27. The van der Waals surface area contributed by atoms with Crippen LogP contribution in [0.5, 0.6) is 0 Å². The lowest BCUT2D eigenvalue weighted by Gasteiger charge is -2.31. The minimum atomic E-state index is -0.472. The van der Waals surface area contributed by atoms with Gasteiger partial charge >= 0.3 is 11.9 Å². The summed E-state index contributed by atoms with van der Waals surface area (Å²) in [5.74, 6) is -0.399. The molecule has 0 saturated carbocycles. The van der Waals surface area contributed by atoms with Crippen molar-refractivity contribution in [2.24, 2.45) is 5.41 Å². The second kappa shape index (κ2) is 10.4. The fourth-order valence-corrected chi connectivity index (χ4v) is 1.82. The summed E-state index contributed by atoms with van der Waals surface area (Å²) in [6.45, 7) is 7.61. The Kier molecular flexibility index (Phi) is 9.67. The molecule has 21 heavy (non-hydrogen) atoms. The molecule has 0 aromatic heterocycles. The lowest BCUT2D eigenvalue weighted by molar-refractivity contribution is -0.154. The third-order valence-corrected chi connectivity index (χ3v) is 3.73. The van der Waals surface area contributed by atoms with E-state index in [-0.39, 0.29) is 30.9 Å². The van der Waals surface area contributed by atoms with E-state index >= 15 is 0 Å². The van der Waals surface area contributed by atoms with Crippen LogP contribution < -0.4 is 0 Å². The lowest BCUT2D eigenvalue weighted by atomic mass is 9.81. The highest BCUT2D eigenvalue weighted by atomic mass is 16.5. The molecular weight excluding hydrogens is 272 g/mol. The van der Waals surface area contributed by atoms with Crippen LogP contribution in [0, 0.1) is 5.41 Å². The molecule has 0 radical (unpaired) electrons. The van der Waals surface area contributed by atoms with Crippen molar-refractivity contribution in [3.8, 4) is 0 Å². The summed E-state index contributed by atoms with van der Waals surface area (Å²) < 4.78 is 10.5. The Bertz CT molecular complexity index is 298. The number of carbonyl (C=O) groups is 3. The van der Waals surface area contributed by atoms with E-state index in [2.05, 4.69) is 0 Å². The van der Waals surface area contributed by atoms with Gasteiger partial charge in [-0.15, -0.1) is 0 Å².